The fourth-order valence-electron chi connectivity index (χ4n) is 2.99. The summed E-state index contributed by atoms with van der Waals surface area (Å²) in [6.07, 6.45) is 8.45. The van der Waals surface area contributed by atoms with Crippen LogP contribution in [0.4, 0.5) is 0 Å². The summed E-state index contributed by atoms with van der Waals surface area (Å²) in [5.74, 6) is 0.973. The molecule has 136 valence electrons. The molecule has 0 bridgehead atoms. The predicted octanol–water partition coefficient (Wildman–Crippen LogP) is 1.05. The van der Waals surface area contributed by atoms with E-state index in [-0.39, 0.29) is 12.0 Å². The van der Waals surface area contributed by atoms with Gasteiger partial charge in [0.25, 0.3) is 0 Å². The number of hydrogen-bond donors (Lipinski definition) is 1. The number of morpholine rings is 1. The molecular formula is C17H26N6O2. The lowest BCUT2D eigenvalue weighted by Crippen LogP contribution is -2.42. The van der Waals surface area contributed by atoms with Gasteiger partial charge in [-0.25, -0.2) is 9.97 Å². The number of aryl methyl sites for hydroxylation is 1. The van der Waals surface area contributed by atoms with E-state index in [1.165, 1.54) is 0 Å². The number of nitrogens with zero attached hydrogens (tertiary/aromatic N) is 5. The zero-order valence-electron chi connectivity index (χ0n) is 14.9. The van der Waals surface area contributed by atoms with Gasteiger partial charge < -0.3 is 24.1 Å². The summed E-state index contributed by atoms with van der Waals surface area (Å²) in [5, 5.41) is 0. The van der Waals surface area contributed by atoms with Gasteiger partial charge in [-0.3, -0.25) is 4.79 Å². The van der Waals surface area contributed by atoms with Crippen LogP contribution in [-0.2, 0) is 22.6 Å². The van der Waals surface area contributed by atoms with Crippen LogP contribution in [0.15, 0.2) is 24.9 Å². The van der Waals surface area contributed by atoms with E-state index in [1.807, 2.05) is 36.0 Å². The highest BCUT2D eigenvalue weighted by molar-refractivity contribution is 5.76. The van der Waals surface area contributed by atoms with E-state index in [1.54, 1.807) is 12.5 Å². The molecule has 0 saturated carbocycles. The van der Waals surface area contributed by atoms with Crippen LogP contribution in [0.5, 0.6) is 0 Å². The third-order valence-electron chi connectivity index (χ3n) is 4.22. The van der Waals surface area contributed by atoms with Crippen molar-refractivity contribution in [1.29, 1.82) is 0 Å². The smallest absolute Gasteiger partial charge is 0.222 e. The molecule has 8 nitrogen and oxygen atoms in total. The molecule has 3 rings (SSSR count). The minimum atomic E-state index is -0.178. The van der Waals surface area contributed by atoms with Crippen LogP contribution in [0, 0.1) is 0 Å². The standard InChI is InChI=1S/C17H26N6O2/c1-21(2)11-14-10-19-17(20-14)15-12-23(8-9-25-15)16(24)4-3-6-22-7-5-18-13-22/h5,7,10,13,15H,3-4,6,8-9,11-12H2,1-2H3,(H,19,20). The first-order chi connectivity index (χ1) is 12.1. The summed E-state index contributed by atoms with van der Waals surface area (Å²) in [6, 6.07) is 0. The molecule has 0 spiro atoms. The number of nitrogens with one attached hydrogen (secondary N) is 1. The van der Waals surface area contributed by atoms with E-state index < -0.39 is 0 Å². The number of carbonyl (C=O) groups excluding carboxylic acids is 1. The van der Waals surface area contributed by atoms with Gasteiger partial charge in [-0.1, -0.05) is 0 Å². The molecule has 1 saturated heterocycles. The fourth-order valence-corrected chi connectivity index (χ4v) is 2.99. The summed E-state index contributed by atoms with van der Waals surface area (Å²) < 4.78 is 7.80. The summed E-state index contributed by atoms with van der Waals surface area (Å²) in [5.41, 5.74) is 1.05. The lowest BCUT2D eigenvalue weighted by atomic mass is 10.2. The van der Waals surface area contributed by atoms with Crippen molar-refractivity contribution in [2.45, 2.75) is 32.0 Å². The molecule has 2 aromatic heterocycles. The van der Waals surface area contributed by atoms with Crippen molar-refractivity contribution >= 4 is 5.91 Å². The van der Waals surface area contributed by atoms with Crippen LogP contribution in [0.25, 0.3) is 0 Å². The molecule has 1 atom stereocenters. The highest BCUT2D eigenvalue weighted by atomic mass is 16.5. The van der Waals surface area contributed by atoms with Crippen molar-refractivity contribution in [3.05, 3.63) is 36.4 Å². The molecule has 1 amide bonds. The Kier molecular flexibility index (Phi) is 5.83. The molecule has 2 aromatic rings. The molecular weight excluding hydrogens is 320 g/mol. The van der Waals surface area contributed by atoms with Gasteiger partial charge >= 0.3 is 0 Å². The maximum absolute atomic E-state index is 12.5. The van der Waals surface area contributed by atoms with Crippen LogP contribution in [0.2, 0.25) is 0 Å². The van der Waals surface area contributed by atoms with Gasteiger partial charge in [0.1, 0.15) is 11.9 Å². The number of hydrogen-bond acceptors (Lipinski definition) is 5. The summed E-state index contributed by atoms with van der Waals surface area (Å²) in [6.45, 7) is 3.36. The number of aromatic amines is 1. The molecule has 3 heterocycles. The highest BCUT2D eigenvalue weighted by Gasteiger charge is 2.27. The van der Waals surface area contributed by atoms with E-state index in [9.17, 15) is 4.79 Å². The third kappa shape index (κ3) is 4.90. The zero-order chi connectivity index (χ0) is 17.6. The minimum absolute atomic E-state index is 0.175. The van der Waals surface area contributed by atoms with Crippen LogP contribution in [-0.4, -0.2) is 69.0 Å². The second-order valence-electron chi connectivity index (χ2n) is 6.63. The van der Waals surface area contributed by atoms with E-state index in [4.69, 9.17) is 4.74 Å². The second-order valence-corrected chi connectivity index (χ2v) is 6.63. The maximum atomic E-state index is 12.5. The van der Waals surface area contributed by atoms with E-state index in [0.29, 0.717) is 26.1 Å². The van der Waals surface area contributed by atoms with Crippen molar-refractivity contribution in [2.24, 2.45) is 0 Å². The fraction of sp³-hybridized carbons (Fsp3) is 0.588. The molecule has 1 unspecified atom stereocenters. The molecule has 1 aliphatic rings. The maximum Gasteiger partial charge on any atom is 0.222 e. The minimum Gasteiger partial charge on any atom is -0.367 e. The Morgan fingerprint density at radius 3 is 3.12 bits per heavy atom. The molecule has 1 N–H and O–H groups in total. The highest BCUT2D eigenvalue weighted by Crippen LogP contribution is 2.20. The van der Waals surface area contributed by atoms with Crippen LogP contribution in [0.3, 0.4) is 0 Å². The topological polar surface area (TPSA) is 79.3 Å². The summed E-state index contributed by atoms with van der Waals surface area (Å²) in [4.78, 5) is 28.2. The predicted molar refractivity (Wildman–Crippen MR) is 92.7 cm³/mol. The zero-order valence-corrected chi connectivity index (χ0v) is 14.9. The quantitative estimate of drug-likeness (QED) is 0.811. The summed E-state index contributed by atoms with van der Waals surface area (Å²) in [7, 11) is 4.03. The Morgan fingerprint density at radius 2 is 2.36 bits per heavy atom. The lowest BCUT2D eigenvalue weighted by Gasteiger charge is -2.32. The Balaban J connectivity index is 1.50. The molecule has 1 fully saturated rings. The van der Waals surface area contributed by atoms with Crippen LogP contribution >= 0.6 is 0 Å². The number of aromatic nitrogens is 4. The van der Waals surface area contributed by atoms with Gasteiger partial charge in [0.05, 0.1) is 19.5 Å². The summed E-state index contributed by atoms with van der Waals surface area (Å²) >= 11 is 0. The second kappa shape index (κ2) is 8.26. The largest absolute Gasteiger partial charge is 0.367 e. The van der Waals surface area contributed by atoms with E-state index in [2.05, 4.69) is 19.9 Å². The molecule has 1 aliphatic heterocycles. The first-order valence-corrected chi connectivity index (χ1v) is 8.65. The average Bonchev–Trinajstić information content (AvgIpc) is 3.26. The Bertz CT molecular complexity index is 666. The van der Waals surface area contributed by atoms with Gasteiger partial charge in [0, 0.05) is 50.3 Å². The molecule has 0 radical (unpaired) electrons. The van der Waals surface area contributed by atoms with Gasteiger partial charge in [0.15, 0.2) is 0 Å². The van der Waals surface area contributed by atoms with Crippen molar-refractivity contribution < 1.29 is 9.53 Å². The van der Waals surface area contributed by atoms with Gasteiger partial charge in [-0.2, -0.15) is 0 Å². The van der Waals surface area contributed by atoms with Gasteiger partial charge in [0.2, 0.25) is 5.91 Å². The van der Waals surface area contributed by atoms with Gasteiger partial charge in [-0.15, -0.1) is 0 Å². The number of rotatable bonds is 7. The lowest BCUT2D eigenvalue weighted by molar-refractivity contribution is -0.139. The SMILES string of the molecule is CN(C)Cc1cnc(C2CN(C(=O)CCCn3ccnc3)CCO2)[nH]1. The number of H-pyrrole nitrogens is 1. The molecule has 0 aromatic carbocycles. The van der Waals surface area contributed by atoms with Crippen molar-refractivity contribution in [3.8, 4) is 0 Å². The number of amides is 1. The first-order valence-electron chi connectivity index (χ1n) is 8.65. The third-order valence-corrected chi connectivity index (χ3v) is 4.22. The van der Waals surface area contributed by atoms with Crippen LogP contribution in [0.1, 0.15) is 30.5 Å². The number of carbonyl (C=O) groups is 1. The molecule has 8 heteroatoms. The van der Waals surface area contributed by atoms with E-state index in [0.717, 1.165) is 31.0 Å². The monoisotopic (exact) mass is 346 g/mol. The van der Waals surface area contributed by atoms with E-state index >= 15 is 0 Å². The van der Waals surface area contributed by atoms with Crippen LogP contribution < -0.4 is 0 Å². The van der Waals surface area contributed by atoms with Crippen molar-refractivity contribution in [2.75, 3.05) is 33.8 Å². The Hall–Kier alpha value is -2.19. The van der Waals surface area contributed by atoms with Gasteiger partial charge in [-0.05, 0) is 20.5 Å². The Morgan fingerprint density at radius 1 is 1.48 bits per heavy atom. The normalized spacial score (nSPS) is 18.0. The number of imidazole rings is 2. The first kappa shape index (κ1) is 17.6. The molecule has 25 heavy (non-hydrogen) atoms. The number of ether oxygens (including phenoxy) is 1. The van der Waals surface area contributed by atoms with Crippen molar-refractivity contribution in [3.63, 3.8) is 0 Å². The Labute approximate surface area is 147 Å². The average molecular weight is 346 g/mol. The van der Waals surface area contributed by atoms with Crippen molar-refractivity contribution in [1.82, 2.24) is 29.3 Å². The molecule has 0 aliphatic carbocycles.